The highest BCUT2D eigenvalue weighted by molar-refractivity contribution is 5.86. The lowest BCUT2D eigenvalue weighted by Crippen LogP contribution is -2.51. The summed E-state index contributed by atoms with van der Waals surface area (Å²) in [6, 6.07) is 0. The van der Waals surface area contributed by atoms with E-state index in [0.29, 0.717) is 19.7 Å². The molecular weight excluding hydrogens is 234 g/mol. The van der Waals surface area contributed by atoms with E-state index in [1.54, 1.807) is 4.90 Å². The number of carbonyl (C=O) groups excluding carboxylic acids is 2. The molecule has 0 N–H and O–H groups in total. The lowest BCUT2D eigenvalue weighted by Gasteiger charge is -2.36. The van der Waals surface area contributed by atoms with Crippen LogP contribution in [0.2, 0.25) is 0 Å². The first-order valence-electron chi connectivity index (χ1n) is 6.58. The molecule has 18 heavy (non-hydrogen) atoms. The Bertz CT molecular complexity index is 336. The lowest BCUT2D eigenvalue weighted by atomic mass is 9.94. The van der Waals surface area contributed by atoms with Crippen LogP contribution in [-0.4, -0.2) is 49.2 Å². The Kier molecular flexibility index (Phi) is 3.90. The summed E-state index contributed by atoms with van der Waals surface area (Å²) in [4.78, 5) is 25.7. The van der Waals surface area contributed by atoms with Crippen LogP contribution >= 0.6 is 0 Å². The number of amides is 1. The first-order chi connectivity index (χ1) is 8.57. The fraction of sp³-hybridized carbons (Fsp3) is 0.846. The number of likely N-dealkylation sites (tertiary alicyclic amines) is 1. The third-order valence-electron chi connectivity index (χ3n) is 3.91. The second kappa shape index (κ2) is 5.26. The fourth-order valence-electron chi connectivity index (χ4n) is 2.80. The molecule has 2 aliphatic rings. The molecule has 2 heterocycles. The van der Waals surface area contributed by atoms with Gasteiger partial charge in [-0.2, -0.15) is 0 Å². The molecule has 0 aliphatic carbocycles. The van der Waals surface area contributed by atoms with Crippen molar-refractivity contribution in [1.29, 1.82) is 0 Å². The molecule has 2 aliphatic heterocycles. The van der Waals surface area contributed by atoms with E-state index in [0.717, 1.165) is 25.7 Å². The second-order valence-electron chi connectivity index (χ2n) is 5.30. The minimum absolute atomic E-state index is 0.0219. The van der Waals surface area contributed by atoms with Gasteiger partial charge in [-0.05, 0) is 32.6 Å². The van der Waals surface area contributed by atoms with E-state index in [9.17, 15) is 9.59 Å². The van der Waals surface area contributed by atoms with E-state index in [-0.39, 0.29) is 17.8 Å². The number of piperidine rings is 1. The van der Waals surface area contributed by atoms with Crippen LogP contribution in [0.1, 0.15) is 32.6 Å². The van der Waals surface area contributed by atoms with Crippen LogP contribution in [0, 0.1) is 5.92 Å². The van der Waals surface area contributed by atoms with Crippen molar-refractivity contribution in [2.75, 3.05) is 26.8 Å². The van der Waals surface area contributed by atoms with Gasteiger partial charge in [-0.3, -0.25) is 9.59 Å². The largest absolute Gasteiger partial charge is 0.469 e. The van der Waals surface area contributed by atoms with Gasteiger partial charge in [0.2, 0.25) is 0 Å². The zero-order chi connectivity index (χ0) is 13.2. The minimum atomic E-state index is -0.683. The van der Waals surface area contributed by atoms with Gasteiger partial charge >= 0.3 is 5.97 Å². The van der Waals surface area contributed by atoms with Gasteiger partial charge < -0.3 is 14.4 Å². The number of esters is 1. The van der Waals surface area contributed by atoms with Gasteiger partial charge in [0.05, 0.1) is 13.0 Å². The Hall–Kier alpha value is -1.10. The molecule has 2 atom stereocenters. The summed E-state index contributed by atoms with van der Waals surface area (Å²) < 4.78 is 10.3. The molecule has 0 aromatic rings. The second-order valence-corrected chi connectivity index (χ2v) is 5.30. The van der Waals surface area contributed by atoms with Crippen molar-refractivity contribution in [3.63, 3.8) is 0 Å². The van der Waals surface area contributed by atoms with Gasteiger partial charge in [-0.1, -0.05) is 0 Å². The third-order valence-corrected chi connectivity index (χ3v) is 3.91. The Morgan fingerprint density at radius 1 is 1.39 bits per heavy atom. The molecule has 102 valence electrons. The molecule has 0 bridgehead atoms. The van der Waals surface area contributed by atoms with E-state index < -0.39 is 5.60 Å². The molecule has 0 aromatic carbocycles. The summed E-state index contributed by atoms with van der Waals surface area (Å²) in [5.41, 5.74) is -0.683. The monoisotopic (exact) mass is 255 g/mol. The van der Waals surface area contributed by atoms with Gasteiger partial charge in [-0.15, -0.1) is 0 Å². The highest BCUT2D eigenvalue weighted by Gasteiger charge is 2.42. The van der Waals surface area contributed by atoms with Crippen LogP contribution in [0.3, 0.4) is 0 Å². The summed E-state index contributed by atoms with van der Waals surface area (Å²) in [5, 5.41) is 0. The molecule has 2 saturated heterocycles. The summed E-state index contributed by atoms with van der Waals surface area (Å²) in [6.45, 7) is 3.68. The van der Waals surface area contributed by atoms with Crippen molar-refractivity contribution in [2.24, 2.45) is 5.92 Å². The Morgan fingerprint density at radius 2 is 2.17 bits per heavy atom. The molecule has 0 spiro atoms. The average molecular weight is 255 g/mol. The number of ether oxygens (including phenoxy) is 2. The molecular formula is C13H21NO4. The molecule has 2 unspecified atom stereocenters. The van der Waals surface area contributed by atoms with E-state index in [1.807, 2.05) is 6.92 Å². The van der Waals surface area contributed by atoms with Gasteiger partial charge in [0, 0.05) is 19.7 Å². The fourth-order valence-corrected chi connectivity index (χ4v) is 2.80. The van der Waals surface area contributed by atoms with E-state index >= 15 is 0 Å². The first kappa shape index (κ1) is 13.3. The Labute approximate surface area is 107 Å². The zero-order valence-corrected chi connectivity index (χ0v) is 11.1. The Balaban J connectivity index is 2.00. The van der Waals surface area contributed by atoms with Gasteiger partial charge in [-0.25, -0.2) is 0 Å². The summed E-state index contributed by atoms with van der Waals surface area (Å²) in [7, 11) is 1.39. The zero-order valence-electron chi connectivity index (χ0n) is 11.1. The van der Waals surface area contributed by atoms with Crippen LogP contribution in [0.5, 0.6) is 0 Å². The van der Waals surface area contributed by atoms with Crippen LogP contribution in [0.25, 0.3) is 0 Å². The molecule has 2 rings (SSSR count). The van der Waals surface area contributed by atoms with Crippen molar-refractivity contribution in [1.82, 2.24) is 4.90 Å². The number of hydrogen-bond donors (Lipinski definition) is 0. The standard InChI is InChI=1S/C13H21NO4/c1-13(6-4-8-18-13)12(16)14-7-3-5-10(9-14)11(15)17-2/h10H,3-9H2,1-2H3. The Morgan fingerprint density at radius 3 is 2.78 bits per heavy atom. The SMILES string of the molecule is COC(=O)C1CCCN(C(=O)C2(C)CCCO2)C1. The maximum absolute atomic E-state index is 12.4. The molecule has 5 nitrogen and oxygen atoms in total. The highest BCUT2D eigenvalue weighted by atomic mass is 16.5. The average Bonchev–Trinajstić information content (AvgIpc) is 2.85. The number of hydrogen-bond acceptors (Lipinski definition) is 4. The number of rotatable bonds is 2. The highest BCUT2D eigenvalue weighted by Crippen LogP contribution is 2.29. The first-order valence-corrected chi connectivity index (χ1v) is 6.58. The van der Waals surface area contributed by atoms with Crippen LogP contribution < -0.4 is 0 Å². The van der Waals surface area contributed by atoms with Crippen molar-refractivity contribution in [2.45, 2.75) is 38.2 Å². The molecule has 2 fully saturated rings. The maximum atomic E-state index is 12.4. The predicted octanol–water partition coefficient (Wildman–Crippen LogP) is 0.967. The summed E-state index contributed by atoms with van der Waals surface area (Å²) in [6.07, 6.45) is 3.34. The smallest absolute Gasteiger partial charge is 0.310 e. The van der Waals surface area contributed by atoms with Crippen LogP contribution in [0.15, 0.2) is 0 Å². The van der Waals surface area contributed by atoms with Gasteiger partial charge in [0.25, 0.3) is 5.91 Å². The van der Waals surface area contributed by atoms with E-state index in [1.165, 1.54) is 7.11 Å². The summed E-state index contributed by atoms with van der Waals surface area (Å²) in [5.74, 6) is -0.378. The van der Waals surface area contributed by atoms with Crippen LogP contribution in [0.4, 0.5) is 0 Å². The van der Waals surface area contributed by atoms with Crippen molar-refractivity contribution < 1.29 is 19.1 Å². The van der Waals surface area contributed by atoms with Crippen molar-refractivity contribution >= 4 is 11.9 Å². The normalized spacial score (nSPS) is 32.3. The van der Waals surface area contributed by atoms with E-state index in [4.69, 9.17) is 9.47 Å². The number of carbonyl (C=O) groups is 2. The summed E-state index contributed by atoms with van der Waals surface area (Å²) >= 11 is 0. The maximum Gasteiger partial charge on any atom is 0.310 e. The lowest BCUT2D eigenvalue weighted by molar-refractivity contribution is -0.156. The molecule has 0 saturated carbocycles. The molecule has 0 aromatic heterocycles. The van der Waals surface area contributed by atoms with Gasteiger partial charge in [0.1, 0.15) is 5.60 Å². The van der Waals surface area contributed by atoms with Crippen LogP contribution in [-0.2, 0) is 19.1 Å². The van der Waals surface area contributed by atoms with Crippen molar-refractivity contribution in [3.05, 3.63) is 0 Å². The molecule has 0 radical (unpaired) electrons. The molecule has 1 amide bonds. The predicted molar refractivity (Wildman–Crippen MR) is 64.9 cm³/mol. The number of nitrogens with zero attached hydrogens (tertiary/aromatic N) is 1. The third kappa shape index (κ3) is 2.51. The van der Waals surface area contributed by atoms with Gasteiger partial charge in [0.15, 0.2) is 0 Å². The van der Waals surface area contributed by atoms with Crippen molar-refractivity contribution in [3.8, 4) is 0 Å². The minimum Gasteiger partial charge on any atom is -0.469 e. The quantitative estimate of drug-likeness (QED) is 0.690. The topological polar surface area (TPSA) is 55.8 Å². The van der Waals surface area contributed by atoms with E-state index in [2.05, 4.69) is 0 Å². The molecule has 5 heteroatoms. The number of methoxy groups -OCH3 is 1.